The molecule has 0 aromatic rings. The molecule has 204 valence electrons. The summed E-state index contributed by atoms with van der Waals surface area (Å²) in [5.74, 6) is 5.65. The van der Waals surface area contributed by atoms with E-state index in [1.807, 2.05) is 13.8 Å². The minimum absolute atomic E-state index is 0.146. The van der Waals surface area contributed by atoms with E-state index in [4.69, 9.17) is 0 Å². The molecule has 2 saturated heterocycles. The summed E-state index contributed by atoms with van der Waals surface area (Å²) in [4.78, 5) is 24.1. The zero-order valence-corrected chi connectivity index (χ0v) is 28.3. The highest BCUT2D eigenvalue weighted by molar-refractivity contribution is 8.23. The molecule has 10 heteroatoms. The Labute approximate surface area is 253 Å². The highest BCUT2D eigenvalue weighted by atomic mass is 32.2. The first-order chi connectivity index (χ1) is 17.2. The van der Waals surface area contributed by atoms with Crippen LogP contribution in [0.3, 0.4) is 0 Å². The van der Waals surface area contributed by atoms with E-state index in [9.17, 15) is 9.59 Å². The van der Waals surface area contributed by atoms with E-state index in [0.717, 1.165) is 34.8 Å². The fraction of sp³-hybridized carbons (Fsp3) is 0.769. The summed E-state index contributed by atoms with van der Waals surface area (Å²) in [6.45, 7) is 11.2. The van der Waals surface area contributed by atoms with Gasteiger partial charge < -0.3 is 0 Å². The summed E-state index contributed by atoms with van der Waals surface area (Å²) in [5, 5.41) is 2.75. The van der Waals surface area contributed by atoms with Crippen LogP contribution in [-0.2, 0) is 9.59 Å². The van der Waals surface area contributed by atoms with Gasteiger partial charge >= 0.3 is 0 Å². The lowest BCUT2D eigenvalue weighted by Gasteiger charge is -2.43. The maximum absolute atomic E-state index is 12.0. The molecule has 2 heterocycles. The van der Waals surface area contributed by atoms with E-state index in [2.05, 4.69) is 96.2 Å². The van der Waals surface area contributed by atoms with Gasteiger partial charge in [0.05, 0.1) is 9.16 Å². The Kier molecular flexibility index (Phi) is 14.4. The van der Waals surface area contributed by atoms with E-state index >= 15 is 0 Å². The van der Waals surface area contributed by atoms with Gasteiger partial charge in [-0.25, -0.2) is 0 Å². The molecule has 0 aromatic carbocycles. The number of carbonyl (C=O) groups excluding carboxylic acids is 2. The van der Waals surface area contributed by atoms with Gasteiger partial charge in [0, 0.05) is 44.0 Å². The third-order valence-electron chi connectivity index (χ3n) is 6.84. The molecule has 0 bridgehead atoms. The van der Waals surface area contributed by atoms with Crippen molar-refractivity contribution in [1.29, 1.82) is 0 Å². The first-order valence-electron chi connectivity index (χ1n) is 12.5. The first-order valence-corrected chi connectivity index (χ1v) is 21.0. The van der Waals surface area contributed by atoms with E-state index in [0.29, 0.717) is 41.3 Å². The summed E-state index contributed by atoms with van der Waals surface area (Å²) < 4.78 is 1.25. The minimum atomic E-state index is 0.146. The third kappa shape index (κ3) is 9.07. The van der Waals surface area contributed by atoms with Crippen molar-refractivity contribution in [1.82, 2.24) is 0 Å². The monoisotopic (exact) mass is 640 g/mol. The average molecular weight is 641 g/mol. The van der Waals surface area contributed by atoms with Crippen LogP contribution in [0.1, 0.15) is 39.5 Å². The van der Waals surface area contributed by atoms with Crippen LogP contribution in [0.5, 0.6) is 0 Å². The second kappa shape index (κ2) is 16.2. The van der Waals surface area contributed by atoms with Crippen LogP contribution in [0, 0.1) is 11.8 Å². The van der Waals surface area contributed by atoms with Crippen molar-refractivity contribution < 1.29 is 9.59 Å². The summed E-state index contributed by atoms with van der Waals surface area (Å²) >= 11 is 15.6. The molecule has 3 aliphatic rings. The zero-order chi connectivity index (χ0) is 26.2. The van der Waals surface area contributed by atoms with Crippen LogP contribution in [-0.4, -0.2) is 75.9 Å². The van der Waals surface area contributed by atoms with Crippen molar-refractivity contribution in [3.8, 4) is 0 Å². The van der Waals surface area contributed by atoms with Crippen molar-refractivity contribution >= 4 is 104 Å². The lowest BCUT2D eigenvalue weighted by atomic mass is 9.76. The van der Waals surface area contributed by atoms with Crippen molar-refractivity contribution in [3.05, 3.63) is 24.3 Å². The SMILES string of the molecule is C=C(C)C(=O)SCC1CSC(C(SC)C2CCCCC2C(SC)C2SCC(CSC(=O)C(=C)C)S2)S1. The van der Waals surface area contributed by atoms with Crippen LogP contribution < -0.4 is 0 Å². The van der Waals surface area contributed by atoms with Crippen molar-refractivity contribution in [2.45, 2.75) is 69.7 Å². The smallest absolute Gasteiger partial charge is 0.214 e. The summed E-state index contributed by atoms with van der Waals surface area (Å²) in [6, 6.07) is 0. The van der Waals surface area contributed by atoms with Crippen LogP contribution in [0.15, 0.2) is 24.3 Å². The van der Waals surface area contributed by atoms with E-state index in [-0.39, 0.29) is 10.2 Å². The van der Waals surface area contributed by atoms with Crippen LogP contribution in [0.25, 0.3) is 0 Å². The fourth-order valence-electron chi connectivity index (χ4n) is 5.02. The Morgan fingerprint density at radius 3 is 1.50 bits per heavy atom. The number of hydrogen-bond acceptors (Lipinski definition) is 10. The van der Waals surface area contributed by atoms with Gasteiger partial charge in [-0.15, -0.1) is 47.0 Å². The van der Waals surface area contributed by atoms with Gasteiger partial charge in [-0.1, -0.05) is 49.5 Å². The summed E-state index contributed by atoms with van der Waals surface area (Å²) in [5.41, 5.74) is 1.32. The predicted molar refractivity (Wildman–Crippen MR) is 180 cm³/mol. The van der Waals surface area contributed by atoms with Crippen molar-refractivity contribution in [3.63, 3.8) is 0 Å². The van der Waals surface area contributed by atoms with Gasteiger partial charge in [-0.3, -0.25) is 9.59 Å². The summed E-state index contributed by atoms with van der Waals surface area (Å²) in [7, 11) is 0. The highest BCUT2D eigenvalue weighted by Crippen LogP contribution is 2.54. The molecule has 3 fully saturated rings. The molecule has 8 atom stereocenters. The molecule has 1 aliphatic carbocycles. The standard InChI is InChI=1S/C26H40O2S8/c1-15(2)23(27)31-11-17-13-33-25(35-17)21(29-5)19-9-7-8-10-20(19)22(30-6)26-34-14-18(36-26)12-32-24(28)16(3)4/h17-22,25-26H,1,3,7-14H2,2,4-6H3. The largest absolute Gasteiger partial charge is 0.282 e. The van der Waals surface area contributed by atoms with Gasteiger partial charge in [0.25, 0.3) is 0 Å². The normalized spacial score (nSPS) is 32.2. The fourth-order valence-corrected chi connectivity index (χ4v) is 18.2. The summed E-state index contributed by atoms with van der Waals surface area (Å²) in [6.07, 6.45) is 10.1. The molecule has 0 radical (unpaired) electrons. The molecule has 0 N–H and O–H groups in total. The van der Waals surface area contributed by atoms with Crippen LogP contribution in [0.2, 0.25) is 0 Å². The van der Waals surface area contributed by atoms with Gasteiger partial charge in [0.1, 0.15) is 0 Å². The average Bonchev–Trinajstić information content (AvgIpc) is 3.53. The third-order valence-corrected chi connectivity index (χ3v) is 19.5. The van der Waals surface area contributed by atoms with Crippen molar-refractivity contribution in [2.75, 3.05) is 35.5 Å². The van der Waals surface area contributed by atoms with Crippen molar-refractivity contribution in [2.24, 2.45) is 11.8 Å². The second-order valence-electron chi connectivity index (χ2n) is 9.69. The second-order valence-corrected chi connectivity index (χ2v) is 19.5. The molecule has 0 aromatic heterocycles. The molecule has 3 rings (SSSR count). The molecule has 2 nitrogen and oxygen atoms in total. The number of rotatable bonds is 12. The lowest BCUT2D eigenvalue weighted by Crippen LogP contribution is -2.41. The Bertz CT molecular complexity index is 726. The minimum Gasteiger partial charge on any atom is -0.282 e. The zero-order valence-electron chi connectivity index (χ0n) is 21.8. The molecule has 0 spiro atoms. The Morgan fingerprint density at radius 1 is 0.778 bits per heavy atom. The topological polar surface area (TPSA) is 34.1 Å². The first kappa shape index (κ1) is 32.1. The maximum Gasteiger partial charge on any atom is 0.214 e. The van der Waals surface area contributed by atoms with Gasteiger partial charge in [-0.2, -0.15) is 23.5 Å². The molecule has 1 saturated carbocycles. The predicted octanol–water partition coefficient (Wildman–Crippen LogP) is 8.28. The molecular weight excluding hydrogens is 601 g/mol. The van der Waals surface area contributed by atoms with Crippen LogP contribution >= 0.6 is 94.1 Å². The number of thioether (sulfide) groups is 8. The Morgan fingerprint density at radius 2 is 1.17 bits per heavy atom. The molecule has 0 amide bonds. The highest BCUT2D eigenvalue weighted by Gasteiger charge is 2.45. The van der Waals surface area contributed by atoms with Gasteiger partial charge in [0.2, 0.25) is 10.2 Å². The quantitative estimate of drug-likeness (QED) is 0.194. The lowest BCUT2D eigenvalue weighted by molar-refractivity contribution is -0.108. The van der Waals surface area contributed by atoms with Gasteiger partial charge in [-0.05, 0) is 62.2 Å². The van der Waals surface area contributed by atoms with E-state index < -0.39 is 0 Å². The number of hydrogen-bond donors (Lipinski definition) is 0. The van der Waals surface area contributed by atoms with Crippen LogP contribution in [0.4, 0.5) is 0 Å². The Balaban J connectivity index is 1.60. The molecule has 36 heavy (non-hydrogen) atoms. The van der Waals surface area contributed by atoms with Gasteiger partial charge in [0.15, 0.2) is 0 Å². The molecule has 8 unspecified atom stereocenters. The maximum atomic E-state index is 12.0. The van der Waals surface area contributed by atoms with E-state index in [1.54, 1.807) is 0 Å². The number of carbonyl (C=O) groups is 2. The Hall–Kier alpha value is 1.62. The molecule has 2 aliphatic heterocycles. The molecular formula is C26H40O2S8. The van der Waals surface area contributed by atoms with E-state index in [1.165, 1.54) is 49.2 Å².